The summed E-state index contributed by atoms with van der Waals surface area (Å²) in [7, 11) is 1.16. The van der Waals surface area contributed by atoms with Gasteiger partial charge in [-0.15, -0.1) is 0 Å². The lowest BCUT2D eigenvalue weighted by Gasteiger charge is -2.33. The second-order valence-electron chi connectivity index (χ2n) is 9.69. The van der Waals surface area contributed by atoms with E-state index in [1.807, 2.05) is 11.8 Å². The first-order chi connectivity index (χ1) is 17.7. The van der Waals surface area contributed by atoms with Crippen LogP contribution in [0.15, 0.2) is 30.6 Å². The van der Waals surface area contributed by atoms with Gasteiger partial charge in [0.25, 0.3) is 0 Å². The predicted octanol–water partition coefficient (Wildman–Crippen LogP) is 4.95. The van der Waals surface area contributed by atoms with Gasteiger partial charge < -0.3 is 14.2 Å². The summed E-state index contributed by atoms with van der Waals surface area (Å²) in [5.41, 5.74) is 2.27. The molecule has 1 aliphatic carbocycles. The van der Waals surface area contributed by atoms with Crippen molar-refractivity contribution in [2.75, 3.05) is 20.2 Å². The standard InChI is InChI=1S/C26H25F3N6O2/c1-14-32-21-13-30-20-6-5-19(16-11-18(26(27,28)29)24(37-2)31-12-16)33-22(20)23(21)35(14)17-7-9-34(10-8-17)25(36)15-3-4-15/h5-6,11-13,15,17H,3-4,7-10H2,1-2H3. The summed E-state index contributed by atoms with van der Waals surface area (Å²) >= 11 is 0. The number of alkyl halides is 3. The van der Waals surface area contributed by atoms with E-state index in [0.717, 1.165) is 50.2 Å². The summed E-state index contributed by atoms with van der Waals surface area (Å²) in [4.78, 5) is 32.3. The summed E-state index contributed by atoms with van der Waals surface area (Å²) < 4.78 is 47.7. The zero-order valence-electron chi connectivity index (χ0n) is 20.4. The normalized spacial score (nSPS) is 17.1. The average molecular weight is 511 g/mol. The number of ether oxygens (including phenoxy) is 1. The number of halogens is 3. The largest absolute Gasteiger partial charge is 0.481 e. The molecule has 0 aromatic carbocycles. The number of aromatic nitrogens is 5. The van der Waals surface area contributed by atoms with Gasteiger partial charge in [0.1, 0.15) is 22.4 Å². The Kier molecular flexibility index (Phi) is 5.54. The quantitative estimate of drug-likeness (QED) is 0.386. The fraction of sp³-hybridized carbons (Fsp3) is 0.423. The van der Waals surface area contributed by atoms with Gasteiger partial charge in [0.15, 0.2) is 0 Å². The third-order valence-electron chi connectivity index (χ3n) is 7.25. The molecule has 1 aliphatic heterocycles. The van der Waals surface area contributed by atoms with E-state index in [0.29, 0.717) is 35.3 Å². The molecule has 2 fully saturated rings. The number of pyridine rings is 3. The van der Waals surface area contributed by atoms with E-state index in [1.165, 1.54) is 6.20 Å². The molecule has 11 heteroatoms. The number of methoxy groups -OCH3 is 1. The Morgan fingerprint density at radius 3 is 2.46 bits per heavy atom. The lowest BCUT2D eigenvalue weighted by atomic mass is 10.0. The summed E-state index contributed by atoms with van der Waals surface area (Å²) in [5.74, 6) is 0.795. The van der Waals surface area contributed by atoms with Crippen LogP contribution in [-0.2, 0) is 11.0 Å². The number of carbonyl (C=O) groups is 1. The van der Waals surface area contributed by atoms with Crippen molar-refractivity contribution < 1.29 is 22.7 Å². The molecular weight excluding hydrogens is 485 g/mol. The van der Waals surface area contributed by atoms with Gasteiger partial charge in [0, 0.05) is 36.8 Å². The highest BCUT2D eigenvalue weighted by atomic mass is 19.4. The van der Waals surface area contributed by atoms with Crippen molar-refractivity contribution in [1.82, 2.24) is 29.4 Å². The van der Waals surface area contributed by atoms with Crippen LogP contribution in [0.25, 0.3) is 33.3 Å². The number of hydrogen-bond donors (Lipinski definition) is 0. The molecule has 8 nitrogen and oxygen atoms in total. The molecule has 1 amide bonds. The second-order valence-corrected chi connectivity index (χ2v) is 9.69. The van der Waals surface area contributed by atoms with Crippen LogP contribution < -0.4 is 4.74 Å². The third kappa shape index (κ3) is 4.15. The number of amides is 1. The Morgan fingerprint density at radius 2 is 1.78 bits per heavy atom. The van der Waals surface area contributed by atoms with E-state index >= 15 is 0 Å². The molecule has 37 heavy (non-hydrogen) atoms. The van der Waals surface area contributed by atoms with Gasteiger partial charge in [-0.1, -0.05) is 0 Å². The minimum Gasteiger partial charge on any atom is -0.481 e. The van der Waals surface area contributed by atoms with Gasteiger partial charge in [-0.25, -0.2) is 15.0 Å². The van der Waals surface area contributed by atoms with Crippen LogP contribution in [0.5, 0.6) is 5.88 Å². The number of aryl methyl sites for hydroxylation is 1. The van der Waals surface area contributed by atoms with Crippen LogP contribution in [0.1, 0.15) is 43.1 Å². The monoisotopic (exact) mass is 510 g/mol. The van der Waals surface area contributed by atoms with Crippen molar-refractivity contribution >= 4 is 28.0 Å². The Morgan fingerprint density at radius 1 is 1.03 bits per heavy atom. The van der Waals surface area contributed by atoms with Crippen molar-refractivity contribution in [2.24, 2.45) is 5.92 Å². The third-order valence-corrected chi connectivity index (χ3v) is 7.25. The summed E-state index contributed by atoms with van der Waals surface area (Å²) in [6, 6.07) is 4.52. The van der Waals surface area contributed by atoms with E-state index < -0.39 is 17.6 Å². The van der Waals surface area contributed by atoms with E-state index in [1.54, 1.807) is 18.3 Å². The topological polar surface area (TPSA) is 86.0 Å². The van der Waals surface area contributed by atoms with Gasteiger partial charge in [-0.3, -0.25) is 9.78 Å². The number of carbonyl (C=O) groups excluding carboxylic acids is 1. The van der Waals surface area contributed by atoms with Crippen molar-refractivity contribution in [2.45, 2.75) is 44.8 Å². The maximum absolute atomic E-state index is 13.6. The fourth-order valence-electron chi connectivity index (χ4n) is 5.25. The summed E-state index contributed by atoms with van der Waals surface area (Å²) in [6.45, 7) is 3.32. The van der Waals surface area contributed by atoms with Gasteiger partial charge in [-0.2, -0.15) is 13.2 Å². The number of nitrogens with zero attached hydrogens (tertiary/aromatic N) is 6. The minimum atomic E-state index is -4.62. The molecule has 6 rings (SSSR count). The van der Waals surface area contributed by atoms with Crippen molar-refractivity contribution in [3.63, 3.8) is 0 Å². The van der Waals surface area contributed by atoms with Crippen LogP contribution in [0.2, 0.25) is 0 Å². The molecule has 1 saturated heterocycles. The van der Waals surface area contributed by atoms with Gasteiger partial charge >= 0.3 is 6.18 Å². The molecule has 4 aromatic heterocycles. The summed E-state index contributed by atoms with van der Waals surface area (Å²) in [5, 5.41) is 0. The zero-order valence-corrected chi connectivity index (χ0v) is 20.4. The fourth-order valence-corrected chi connectivity index (χ4v) is 5.25. The van der Waals surface area contributed by atoms with E-state index in [9.17, 15) is 18.0 Å². The Labute approximate surface area is 210 Å². The van der Waals surface area contributed by atoms with Crippen LogP contribution in [0.4, 0.5) is 13.2 Å². The zero-order chi connectivity index (χ0) is 25.9. The van der Waals surface area contributed by atoms with Crippen LogP contribution >= 0.6 is 0 Å². The molecule has 0 spiro atoms. The molecule has 0 atom stereocenters. The predicted molar refractivity (Wildman–Crippen MR) is 130 cm³/mol. The number of likely N-dealkylation sites (tertiary alicyclic amines) is 1. The first-order valence-electron chi connectivity index (χ1n) is 12.3. The Bertz CT molecular complexity index is 1520. The van der Waals surface area contributed by atoms with E-state index in [2.05, 4.69) is 14.5 Å². The number of hydrogen-bond acceptors (Lipinski definition) is 6. The van der Waals surface area contributed by atoms with Gasteiger partial charge in [-0.05, 0) is 50.8 Å². The number of fused-ring (bicyclic) bond motifs is 3. The number of rotatable bonds is 4. The highest BCUT2D eigenvalue weighted by Crippen LogP contribution is 2.38. The molecule has 0 unspecified atom stereocenters. The van der Waals surface area contributed by atoms with Crippen molar-refractivity contribution in [3.05, 3.63) is 42.0 Å². The highest BCUT2D eigenvalue weighted by molar-refractivity contribution is 6.00. The molecular formula is C26H25F3N6O2. The number of piperidine rings is 1. The molecule has 192 valence electrons. The van der Waals surface area contributed by atoms with Crippen LogP contribution in [-0.4, -0.2) is 55.5 Å². The number of imidazole rings is 1. The molecule has 2 aliphatic rings. The summed E-state index contributed by atoms with van der Waals surface area (Å²) in [6.07, 6.45) is 1.98. The Hall–Kier alpha value is -3.76. The van der Waals surface area contributed by atoms with Gasteiger partial charge in [0.05, 0.1) is 30.0 Å². The Balaban J connectivity index is 1.41. The molecule has 5 heterocycles. The molecule has 4 aromatic rings. The average Bonchev–Trinajstić information content (AvgIpc) is 3.69. The second kappa shape index (κ2) is 8.67. The molecule has 1 saturated carbocycles. The maximum atomic E-state index is 13.6. The molecule has 0 N–H and O–H groups in total. The minimum absolute atomic E-state index is 0.129. The first-order valence-corrected chi connectivity index (χ1v) is 12.3. The van der Waals surface area contributed by atoms with Crippen molar-refractivity contribution in [3.8, 4) is 17.1 Å². The molecule has 0 radical (unpaired) electrons. The SMILES string of the molecule is COc1ncc(-c2ccc3ncc4nc(C)n(C5CCN(C(=O)C6CC6)CC5)c4c3n2)cc1C(F)(F)F. The van der Waals surface area contributed by atoms with Crippen molar-refractivity contribution in [1.29, 1.82) is 0 Å². The van der Waals surface area contributed by atoms with E-state index in [4.69, 9.17) is 14.7 Å². The molecule has 0 bridgehead atoms. The first kappa shape index (κ1) is 23.6. The lowest BCUT2D eigenvalue weighted by molar-refractivity contribution is -0.139. The van der Waals surface area contributed by atoms with Crippen LogP contribution in [0.3, 0.4) is 0 Å². The van der Waals surface area contributed by atoms with Gasteiger partial charge in [0.2, 0.25) is 11.8 Å². The highest BCUT2D eigenvalue weighted by Gasteiger charge is 2.37. The van der Waals surface area contributed by atoms with E-state index in [-0.39, 0.29) is 23.4 Å². The van der Waals surface area contributed by atoms with Crippen LogP contribution in [0, 0.1) is 12.8 Å². The lowest BCUT2D eigenvalue weighted by Crippen LogP contribution is -2.40. The smallest absolute Gasteiger partial charge is 0.421 e. The maximum Gasteiger partial charge on any atom is 0.421 e.